The van der Waals surface area contributed by atoms with E-state index in [0.29, 0.717) is 33.6 Å². The second-order valence-corrected chi connectivity index (χ2v) is 7.57. The second-order valence-electron chi connectivity index (χ2n) is 6.76. The number of rotatable bonds is 7. The van der Waals surface area contributed by atoms with E-state index in [1.807, 2.05) is 6.92 Å². The number of carbonyl (C=O) groups is 2. The summed E-state index contributed by atoms with van der Waals surface area (Å²) in [7, 11) is 0. The Bertz CT molecular complexity index is 1260. The first kappa shape index (κ1) is 21.7. The van der Waals surface area contributed by atoms with Crippen LogP contribution in [0.3, 0.4) is 0 Å². The van der Waals surface area contributed by atoms with Gasteiger partial charge in [0.1, 0.15) is 11.5 Å². The summed E-state index contributed by atoms with van der Waals surface area (Å²) in [4.78, 5) is 25.4. The van der Waals surface area contributed by atoms with Crippen molar-refractivity contribution in [1.82, 2.24) is 25.3 Å². The first-order valence-corrected chi connectivity index (χ1v) is 10.4. The lowest BCUT2D eigenvalue weighted by molar-refractivity contribution is 0.0943. The number of nitrogens with zero attached hydrogens (tertiary/aromatic N) is 3. The molecular weight excluding hydrogens is 455 g/mol. The molecule has 0 aliphatic carbocycles. The Morgan fingerprint density at radius 2 is 2.00 bits per heavy atom. The minimum Gasteiger partial charge on any atom is -0.467 e. The van der Waals surface area contributed by atoms with E-state index in [4.69, 9.17) is 27.6 Å². The fraction of sp³-hybridized carbons (Fsp3) is 0.143. The number of halogens is 2. The van der Waals surface area contributed by atoms with Gasteiger partial charge < -0.3 is 15.1 Å². The van der Waals surface area contributed by atoms with Crippen LogP contribution in [0.25, 0.3) is 11.3 Å². The van der Waals surface area contributed by atoms with Gasteiger partial charge in [-0.25, -0.2) is 0 Å². The maximum atomic E-state index is 12.8. The Morgan fingerprint density at radius 3 is 2.72 bits per heavy atom. The summed E-state index contributed by atoms with van der Waals surface area (Å²) < 4.78 is 6.78. The molecule has 0 atom stereocenters. The first-order valence-electron chi connectivity index (χ1n) is 9.64. The van der Waals surface area contributed by atoms with Crippen molar-refractivity contribution < 1.29 is 14.0 Å². The molecule has 0 saturated heterocycles. The van der Waals surface area contributed by atoms with E-state index in [1.54, 1.807) is 47.3 Å². The van der Waals surface area contributed by atoms with E-state index in [2.05, 4.69) is 25.9 Å². The zero-order valence-corrected chi connectivity index (χ0v) is 18.4. The number of H-pyrrole nitrogens is 1. The third kappa shape index (κ3) is 4.68. The summed E-state index contributed by atoms with van der Waals surface area (Å²) in [5.41, 5.74) is 1.80. The van der Waals surface area contributed by atoms with Gasteiger partial charge in [-0.1, -0.05) is 29.3 Å². The maximum Gasteiger partial charge on any atom is 0.274 e. The highest BCUT2D eigenvalue weighted by atomic mass is 35.5. The van der Waals surface area contributed by atoms with Crippen LogP contribution in [-0.2, 0) is 13.1 Å². The molecule has 3 aromatic heterocycles. The summed E-state index contributed by atoms with van der Waals surface area (Å²) in [6.07, 6.45) is 3.12. The van der Waals surface area contributed by atoms with Gasteiger partial charge in [0, 0.05) is 18.3 Å². The van der Waals surface area contributed by atoms with E-state index < -0.39 is 11.8 Å². The molecule has 0 saturated carbocycles. The van der Waals surface area contributed by atoms with Crippen LogP contribution in [0, 0.1) is 0 Å². The minimum atomic E-state index is -0.473. The van der Waals surface area contributed by atoms with Gasteiger partial charge in [-0.3, -0.25) is 19.4 Å². The molecule has 2 amide bonds. The predicted octanol–water partition coefficient (Wildman–Crippen LogP) is 4.38. The zero-order chi connectivity index (χ0) is 22.7. The highest BCUT2D eigenvalue weighted by molar-refractivity contribution is 6.42. The molecule has 0 bridgehead atoms. The Balaban J connectivity index is 1.50. The third-order valence-corrected chi connectivity index (χ3v) is 5.33. The van der Waals surface area contributed by atoms with Gasteiger partial charge in [0.15, 0.2) is 5.69 Å². The quantitative estimate of drug-likeness (QED) is 0.368. The van der Waals surface area contributed by atoms with Crippen molar-refractivity contribution in [3.05, 3.63) is 76.1 Å². The fourth-order valence-electron chi connectivity index (χ4n) is 2.94. The zero-order valence-electron chi connectivity index (χ0n) is 16.9. The van der Waals surface area contributed by atoms with Crippen LogP contribution in [0.1, 0.15) is 33.7 Å². The molecule has 0 fully saturated rings. The summed E-state index contributed by atoms with van der Waals surface area (Å²) in [5.74, 6) is -0.310. The van der Waals surface area contributed by atoms with Crippen LogP contribution >= 0.6 is 23.2 Å². The summed E-state index contributed by atoms with van der Waals surface area (Å²) in [6, 6.07) is 10.1. The minimum absolute atomic E-state index is 0.0935. The number of furan rings is 1. The van der Waals surface area contributed by atoms with Crippen molar-refractivity contribution in [3.63, 3.8) is 0 Å². The first-order chi connectivity index (χ1) is 15.4. The monoisotopic (exact) mass is 472 g/mol. The number of hydrogen-bond donors (Lipinski definition) is 3. The van der Waals surface area contributed by atoms with E-state index in [-0.39, 0.29) is 23.6 Å². The van der Waals surface area contributed by atoms with Gasteiger partial charge in [0.25, 0.3) is 11.8 Å². The van der Waals surface area contributed by atoms with Crippen LogP contribution in [0.2, 0.25) is 10.0 Å². The van der Waals surface area contributed by atoms with Crippen LogP contribution < -0.4 is 10.6 Å². The molecule has 3 heterocycles. The van der Waals surface area contributed by atoms with Gasteiger partial charge in [0.2, 0.25) is 0 Å². The SMILES string of the molecule is CCn1cc(NC(=O)c2cc(-c3ccc(Cl)c(Cl)c3)n[nH]2)c(C(=O)NCc2ccco2)n1. The summed E-state index contributed by atoms with van der Waals surface area (Å²) in [6.45, 7) is 2.60. The summed E-state index contributed by atoms with van der Waals surface area (Å²) >= 11 is 12.0. The van der Waals surface area contributed by atoms with E-state index >= 15 is 0 Å². The molecule has 9 nitrogen and oxygen atoms in total. The van der Waals surface area contributed by atoms with Gasteiger partial charge in [0.05, 0.1) is 34.2 Å². The molecule has 32 heavy (non-hydrogen) atoms. The number of aromatic nitrogens is 4. The molecule has 4 aromatic rings. The lowest BCUT2D eigenvalue weighted by Gasteiger charge is -2.04. The lowest BCUT2D eigenvalue weighted by Crippen LogP contribution is -2.25. The number of nitrogens with one attached hydrogen (secondary N) is 3. The van der Waals surface area contributed by atoms with Crippen molar-refractivity contribution in [1.29, 1.82) is 0 Å². The van der Waals surface area contributed by atoms with E-state index in [1.165, 1.54) is 6.26 Å². The fourth-order valence-corrected chi connectivity index (χ4v) is 3.24. The van der Waals surface area contributed by atoms with Gasteiger partial charge in [-0.2, -0.15) is 10.2 Å². The van der Waals surface area contributed by atoms with Gasteiger partial charge in [-0.15, -0.1) is 0 Å². The van der Waals surface area contributed by atoms with E-state index in [9.17, 15) is 9.59 Å². The number of carbonyl (C=O) groups excluding carboxylic acids is 2. The molecule has 0 aliphatic heterocycles. The van der Waals surface area contributed by atoms with Crippen molar-refractivity contribution in [2.24, 2.45) is 0 Å². The predicted molar refractivity (Wildman–Crippen MR) is 120 cm³/mol. The Morgan fingerprint density at radius 1 is 1.16 bits per heavy atom. The Kier molecular flexibility index (Phi) is 6.29. The average Bonchev–Trinajstić information content (AvgIpc) is 3.54. The van der Waals surface area contributed by atoms with Crippen LogP contribution in [-0.4, -0.2) is 31.8 Å². The molecule has 4 rings (SSSR count). The topological polar surface area (TPSA) is 118 Å². The molecule has 164 valence electrons. The van der Waals surface area contributed by atoms with Crippen molar-refractivity contribution >= 4 is 40.7 Å². The highest BCUT2D eigenvalue weighted by Gasteiger charge is 2.20. The molecule has 0 spiro atoms. The largest absolute Gasteiger partial charge is 0.467 e. The number of aromatic amines is 1. The van der Waals surface area contributed by atoms with Crippen LogP contribution in [0.5, 0.6) is 0 Å². The molecule has 0 aliphatic rings. The van der Waals surface area contributed by atoms with Gasteiger partial charge >= 0.3 is 0 Å². The lowest BCUT2D eigenvalue weighted by atomic mass is 10.1. The van der Waals surface area contributed by atoms with Crippen molar-refractivity contribution in [3.8, 4) is 11.3 Å². The molecular formula is C21H18Cl2N6O3. The summed E-state index contributed by atoms with van der Waals surface area (Å²) in [5, 5.41) is 17.4. The number of amides is 2. The smallest absolute Gasteiger partial charge is 0.274 e. The Hall–Kier alpha value is -3.56. The third-order valence-electron chi connectivity index (χ3n) is 4.59. The van der Waals surface area contributed by atoms with Crippen LogP contribution in [0.4, 0.5) is 5.69 Å². The number of aryl methyl sites for hydroxylation is 1. The number of anilines is 1. The molecule has 11 heteroatoms. The van der Waals surface area contributed by atoms with Gasteiger partial charge in [-0.05, 0) is 37.3 Å². The normalized spacial score (nSPS) is 10.8. The van der Waals surface area contributed by atoms with E-state index in [0.717, 1.165) is 0 Å². The van der Waals surface area contributed by atoms with Crippen molar-refractivity contribution in [2.75, 3.05) is 5.32 Å². The molecule has 0 radical (unpaired) electrons. The number of hydrogen-bond acceptors (Lipinski definition) is 5. The van der Waals surface area contributed by atoms with Crippen molar-refractivity contribution in [2.45, 2.75) is 20.0 Å². The maximum absolute atomic E-state index is 12.8. The standard InChI is InChI=1S/C21H18Cl2N6O3/c1-2-29-11-18(19(28-29)21(31)24-10-13-4-3-7-32-13)25-20(30)17-9-16(26-27-17)12-5-6-14(22)15(23)8-12/h3-9,11H,2,10H2,1H3,(H,24,31)(H,25,30)(H,26,27). The molecule has 1 aromatic carbocycles. The second kappa shape index (κ2) is 9.29. The highest BCUT2D eigenvalue weighted by Crippen LogP contribution is 2.28. The van der Waals surface area contributed by atoms with Crippen LogP contribution in [0.15, 0.2) is 53.3 Å². The molecule has 3 N–H and O–H groups in total. The molecule has 0 unspecified atom stereocenters. The Labute approximate surface area is 192 Å². The average molecular weight is 473 g/mol. The number of benzene rings is 1.